The zero-order valence-electron chi connectivity index (χ0n) is 22.4. The van der Waals surface area contributed by atoms with Crippen LogP contribution in [0.5, 0.6) is 0 Å². The minimum absolute atomic E-state index is 0.0508. The second-order valence-electron chi connectivity index (χ2n) is 9.41. The van der Waals surface area contributed by atoms with Crippen LogP contribution >= 0.6 is 0 Å². The molecule has 0 aliphatic carbocycles. The number of anilines is 1. The molecule has 0 fully saturated rings. The number of esters is 1. The first kappa shape index (κ1) is 27.6. The van der Waals surface area contributed by atoms with Gasteiger partial charge in [-0.2, -0.15) is 5.26 Å². The molecule has 9 nitrogen and oxygen atoms in total. The highest BCUT2D eigenvalue weighted by Gasteiger charge is 2.30. The van der Waals surface area contributed by atoms with Crippen LogP contribution in [0.25, 0.3) is 21.8 Å². The Morgan fingerprint density at radius 3 is 2.54 bits per heavy atom. The van der Waals surface area contributed by atoms with E-state index in [1.54, 1.807) is 91.5 Å². The van der Waals surface area contributed by atoms with Crippen molar-refractivity contribution in [2.24, 2.45) is 7.05 Å². The summed E-state index contributed by atoms with van der Waals surface area (Å²) >= 11 is 0. The molecule has 206 valence electrons. The van der Waals surface area contributed by atoms with Gasteiger partial charge in [-0.05, 0) is 55.0 Å². The fraction of sp³-hybridized carbons (Fsp3) is 0.161. The average molecular weight is 567 g/mol. The zero-order chi connectivity index (χ0) is 29.1. The van der Waals surface area contributed by atoms with Gasteiger partial charge in [0.1, 0.15) is 11.4 Å². The largest absolute Gasteiger partial charge is 0.465 e. The Labute approximate surface area is 237 Å². The van der Waals surface area contributed by atoms with Crippen molar-refractivity contribution in [1.29, 1.82) is 5.26 Å². The van der Waals surface area contributed by atoms with Gasteiger partial charge in [0.2, 0.25) is 0 Å². The molecule has 0 saturated heterocycles. The number of carbonyl (C=O) groups excluding carboxylic acids is 2. The third kappa shape index (κ3) is 5.40. The summed E-state index contributed by atoms with van der Waals surface area (Å²) in [5.74, 6) is -0.884. The van der Waals surface area contributed by atoms with E-state index in [-0.39, 0.29) is 34.9 Å². The van der Waals surface area contributed by atoms with Gasteiger partial charge in [0, 0.05) is 47.7 Å². The van der Waals surface area contributed by atoms with Gasteiger partial charge in [-0.1, -0.05) is 30.3 Å². The number of sulfonamides is 1. The van der Waals surface area contributed by atoms with Crippen molar-refractivity contribution in [3.8, 4) is 6.07 Å². The van der Waals surface area contributed by atoms with Gasteiger partial charge in [0.05, 0.1) is 29.4 Å². The Bertz CT molecular complexity index is 1930. The van der Waals surface area contributed by atoms with Crippen molar-refractivity contribution in [3.63, 3.8) is 0 Å². The van der Waals surface area contributed by atoms with Crippen LogP contribution in [-0.2, 0) is 33.0 Å². The summed E-state index contributed by atoms with van der Waals surface area (Å²) in [6.07, 6.45) is 3.32. The van der Waals surface area contributed by atoms with Gasteiger partial charge < -0.3 is 9.30 Å². The summed E-state index contributed by atoms with van der Waals surface area (Å²) < 4.78 is 36.1. The summed E-state index contributed by atoms with van der Waals surface area (Å²) in [5, 5.41) is 10.2. The smallest absolute Gasteiger partial charge is 0.326 e. The lowest BCUT2D eigenvalue weighted by molar-refractivity contribution is -0.141. The number of hydrogen-bond donors (Lipinski definition) is 0. The number of ketones is 1. The van der Waals surface area contributed by atoms with Gasteiger partial charge in [-0.3, -0.25) is 18.9 Å². The fourth-order valence-electron chi connectivity index (χ4n) is 4.78. The lowest BCUT2D eigenvalue weighted by Gasteiger charge is -2.24. The van der Waals surface area contributed by atoms with Gasteiger partial charge >= 0.3 is 5.97 Å². The third-order valence-electron chi connectivity index (χ3n) is 6.75. The predicted molar refractivity (Wildman–Crippen MR) is 155 cm³/mol. The number of aromatic nitrogens is 2. The van der Waals surface area contributed by atoms with Crippen molar-refractivity contribution in [3.05, 3.63) is 102 Å². The van der Waals surface area contributed by atoms with Crippen LogP contribution in [0.15, 0.2) is 90.1 Å². The number of benzene rings is 3. The molecular weight excluding hydrogens is 540 g/mol. The molecule has 0 atom stereocenters. The predicted octanol–water partition coefficient (Wildman–Crippen LogP) is 4.78. The summed E-state index contributed by atoms with van der Waals surface area (Å²) in [6.45, 7) is 1.17. The summed E-state index contributed by atoms with van der Waals surface area (Å²) in [6, 6.07) is 22.1. The van der Waals surface area contributed by atoms with Crippen molar-refractivity contribution in [2.75, 3.05) is 17.5 Å². The molecule has 5 rings (SSSR count). The molecule has 3 aromatic carbocycles. The number of fused-ring (bicyclic) bond motifs is 2. The van der Waals surface area contributed by atoms with Crippen LogP contribution in [0.1, 0.15) is 28.4 Å². The summed E-state index contributed by atoms with van der Waals surface area (Å²) in [7, 11) is -2.49. The number of para-hydroxylation sites is 1. The van der Waals surface area contributed by atoms with Crippen LogP contribution in [-0.4, -0.2) is 42.9 Å². The number of Topliss-reactive ketones (excluding diaryl/α,β-unsaturated/α-hetero) is 1. The Hall–Kier alpha value is -5.01. The molecule has 0 bridgehead atoms. The Balaban J connectivity index is 1.60. The van der Waals surface area contributed by atoms with Gasteiger partial charge in [0.15, 0.2) is 5.78 Å². The molecule has 5 aromatic rings. The molecule has 2 heterocycles. The molecule has 10 heteroatoms. The number of hydrogen-bond acceptors (Lipinski definition) is 7. The van der Waals surface area contributed by atoms with Crippen LogP contribution in [0.2, 0.25) is 0 Å². The minimum Gasteiger partial charge on any atom is -0.465 e. The van der Waals surface area contributed by atoms with E-state index in [0.717, 1.165) is 15.4 Å². The lowest BCUT2D eigenvalue weighted by atomic mass is 10.0. The zero-order valence-corrected chi connectivity index (χ0v) is 23.3. The quantitative estimate of drug-likeness (QED) is 0.186. The van der Waals surface area contributed by atoms with Crippen molar-refractivity contribution in [2.45, 2.75) is 18.2 Å². The Morgan fingerprint density at radius 2 is 1.80 bits per heavy atom. The molecule has 0 radical (unpaired) electrons. The van der Waals surface area contributed by atoms with Gasteiger partial charge in [0.25, 0.3) is 10.0 Å². The van der Waals surface area contributed by atoms with Gasteiger partial charge in [-0.25, -0.2) is 8.42 Å². The second-order valence-corrected chi connectivity index (χ2v) is 11.2. The van der Waals surface area contributed by atoms with Crippen molar-refractivity contribution in [1.82, 2.24) is 9.55 Å². The normalized spacial score (nSPS) is 11.3. The maximum Gasteiger partial charge on any atom is 0.326 e. The molecule has 0 aliphatic heterocycles. The molecule has 2 aromatic heterocycles. The monoisotopic (exact) mass is 566 g/mol. The number of pyridine rings is 1. The first-order chi connectivity index (χ1) is 19.7. The topological polar surface area (TPSA) is 122 Å². The molecule has 0 saturated carbocycles. The minimum atomic E-state index is -4.29. The Morgan fingerprint density at radius 1 is 1.05 bits per heavy atom. The highest BCUT2D eigenvalue weighted by Crippen LogP contribution is 2.32. The number of carbonyl (C=O) groups is 2. The second kappa shape index (κ2) is 11.2. The van der Waals surface area contributed by atoms with Crippen LogP contribution in [0, 0.1) is 11.3 Å². The fourth-order valence-corrected chi connectivity index (χ4v) is 6.35. The molecule has 0 amide bonds. The van der Waals surface area contributed by atoms with E-state index in [2.05, 4.69) is 11.1 Å². The van der Waals surface area contributed by atoms with E-state index in [1.165, 1.54) is 12.3 Å². The van der Waals surface area contributed by atoms with Crippen LogP contribution in [0.4, 0.5) is 5.69 Å². The van der Waals surface area contributed by atoms with E-state index in [9.17, 15) is 18.0 Å². The molecule has 41 heavy (non-hydrogen) atoms. The first-order valence-electron chi connectivity index (χ1n) is 12.9. The van der Waals surface area contributed by atoms with E-state index in [1.807, 2.05) is 0 Å². The Kier molecular flexibility index (Phi) is 7.55. The molecular formula is C31H26N4O5S. The van der Waals surface area contributed by atoms with Crippen molar-refractivity contribution < 1.29 is 22.7 Å². The van der Waals surface area contributed by atoms with Gasteiger partial charge in [-0.15, -0.1) is 0 Å². The third-order valence-corrected chi connectivity index (χ3v) is 8.56. The maximum absolute atomic E-state index is 14.1. The summed E-state index contributed by atoms with van der Waals surface area (Å²) in [4.78, 5) is 30.3. The van der Waals surface area contributed by atoms with E-state index in [0.29, 0.717) is 21.9 Å². The molecule has 0 N–H and O–H groups in total. The highest BCUT2D eigenvalue weighted by molar-refractivity contribution is 7.93. The van der Waals surface area contributed by atoms with E-state index >= 15 is 0 Å². The van der Waals surface area contributed by atoms with Crippen molar-refractivity contribution >= 4 is 49.3 Å². The first-order valence-corrected chi connectivity index (χ1v) is 14.3. The highest BCUT2D eigenvalue weighted by atomic mass is 32.2. The lowest BCUT2D eigenvalue weighted by Crippen LogP contribution is -2.36. The van der Waals surface area contributed by atoms with E-state index in [4.69, 9.17) is 10.00 Å². The average Bonchev–Trinajstić information content (AvgIpc) is 3.31. The maximum atomic E-state index is 14.1. The molecule has 0 aliphatic rings. The number of aryl methyl sites for hydroxylation is 1. The number of rotatable bonds is 9. The van der Waals surface area contributed by atoms with Crippen LogP contribution in [0.3, 0.4) is 0 Å². The summed E-state index contributed by atoms with van der Waals surface area (Å²) in [5.41, 5.74) is 2.86. The number of ether oxygens (including phenoxy) is 1. The number of nitriles is 1. The van der Waals surface area contributed by atoms with E-state index < -0.39 is 22.5 Å². The molecule has 0 unspecified atom stereocenters. The molecule has 0 spiro atoms. The van der Waals surface area contributed by atoms with Crippen LogP contribution < -0.4 is 4.31 Å². The standard InChI is InChI=1S/C31H26N4O5S/c1-3-40-30(37)20-35(41(38,39)29-8-4-6-23-7-5-15-33-31(23)29)24-13-14-27-25(17-24)26(19-34(27)2)28(36)16-21-9-11-22(18-32)12-10-21/h4-15,17,19H,3,16,20H2,1-2H3. The SMILES string of the molecule is CCOC(=O)CN(c1ccc2c(c1)c(C(=O)Cc1ccc(C#N)cc1)cn2C)S(=O)(=O)c1cccc2cccnc12. The number of nitrogens with zero attached hydrogens (tertiary/aromatic N) is 4.